The Kier molecular flexibility index (Phi) is 38.8. The van der Waals surface area contributed by atoms with E-state index in [0.29, 0.717) is 0 Å². The average Bonchev–Trinajstić information content (AvgIpc) is 3.05. The Hall–Kier alpha value is -0.720. The molecule has 0 saturated heterocycles. The summed E-state index contributed by atoms with van der Waals surface area (Å²) in [5, 5.41) is 0. The minimum atomic E-state index is 1.14. The molecule has 0 fully saturated rings. The minimum Gasteiger partial charge on any atom is -0.467 e. The number of hydrogen-bond donors (Lipinski definition) is 0. The van der Waals surface area contributed by atoms with Crippen molar-refractivity contribution >= 4 is 0 Å². The lowest BCUT2D eigenvalue weighted by Crippen LogP contribution is -1.97. The van der Waals surface area contributed by atoms with Gasteiger partial charge >= 0.3 is 0 Å². The van der Waals surface area contributed by atoms with E-state index in [2.05, 4.69) is 39.8 Å². The van der Waals surface area contributed by atoms with Crippen LogP contribution in [0.15, 0.2) is 23.7 Å². The summed E-state index contributed by atoms with van der Waals surface area (Å²) >= 11 is 0. The second kappa shape index (κ2) is 39.5. The molecule has 0 aliphatic heterocycles. The summed E-state index contributed by atoms with van der Waals surface area (Å²) in [4.78, 5) is 0. The third kappa shape index (κ3) is 36.0. The maximum atomic E-state index is 6.83. The first-order chi connectivity index (χ1) is 22.3. The van der Waals surface area contributed by atoms with Crippen LogP contribution in [0.25, 0.3) is 0 Å². The molecule has 0 aromatic rings. The molecule has 0 atom stereocenters. The van der Waals surface area contributed by atoms with Gasteiger partial charge in [-0.05, 0) is 50.7 Å². The fourth-order valence-electron chi connectivity index (χ4n) is 6.51. The van der Waals surface area contributed by atoms with Crippen LogP contribution in [-0.4, -0.2) is 0 Å². The lowest BCUT2D eigenvalue weighted by Gasteiger charge is -2.15. The summed E-state index contributed by atoms with van der Waals surface area (Å²) in [6.07, 6.45) is 54.2. The molecule has 0 rings (SSSR count). The van der Waals surface area contributed by atoms with Gasteiger partial charge in [-0.2, -0.15) is 0 Å². The van der Waals surface area contributed by atoms with Gasteiger partial charge in [-0.1, -0.05) is 207 Å². The molecule has 0 saturated carbocycles. The summed E-state index contributed by atoms with van der Waals surface area (Å²) in [5.74, 6) is 2.59. The topological polar surface area (TPSA) is 9.23 Å². The van der Waals surface area contributed by atoms with Crippen LogP contribution in [0.1, 0.15) is 259 Å². The Morgan fingerprint density at radius 2 is 0.511 bits per heavy atom. The van der Waals surface area contributed by atoms with Crippen molar-refractivity contribution in [1.29, 1.82) is 0 Å². The summed E-state index contributed by atoms with van der Waals surface area (Å²) in [5.41, 5.74) is 0. The molecule has 0 bridgehead atoms. The van der Waals surface area contributed by atoms with Crippen molar-refractivity contribution in [3.8, 4) is 0 Å². The van der Waals surface area contributed by atoms with Crippen LogP contribution < -0.4 is 0 Å². The number of hydrogen-bond acceptors (Lipinski definition) is 1. The third-order valence-corrected chi connectivity index (χ3v) is 9.68. The van der Waals surface area contributed by atoms with Crippen molar-refractivity contribution in [1.82, 2.24) is 0 Å². The van der Waals surface area contributed by atoms with E-state index >= 15 is 0 Å². The zero-order chi connectivity index (χ0) is 32.7. The zero-order valence-electron chi connectivity index (χ0n) is 32.0. The molecule has 0 spiro atoms. The van der Waals surface area contributed by atoms with Gasteiger partial charge in [-0.3, -0.25) is 0 Å². The van der Waals surface area contributed by atoms with E-state index in [9.17, 15) is 0 Å². The van der Waals surface area contributed by atoms with E-state index in [4.69, 9.17) is 4.74 Å². The highest BCUT2D eigenvalue weighted by molar-refractivity contribution is 5.03. The highest BCUT2D eigenvalue weighted by atomic mass is 16.5. The molecule has 0 heterocycles. The largest absolute Gasteiger partial charge is 0.467 e. The minimum absolute atomic E-state index is 1.14. The molecular weight excluding hydrogens is 544 g/mol. The first kappa shape index (κ1) is 44.3. The van der Waals surface area contributed by atoms with E-state index in [1.54, 1.807) is 0 Å². The van der Waals surface area contributed by atoms with Crippen molar-refractivity contribution in [3.63, 3.8) is 0 Å². The summed E-state index contributed by atoms with van der Waals surface area (Å²) < 4.78 is 6.83. The molecule has 0 amide bonds. The monoisotopic (exact) mass is 631 g/mol. The molecule has 0 radical (unpaired) electrons. The quantitative estimate of drug-likeness (QED) is 0.0487. The van der Waals surface area contributed by atoms with Crippen molar-refractivity contribution < 1.29 is 4.74 Å². The molecular formula is C44H86O. The molecule has 0 aliphatic carbocycles. The highest BCUT2D eigenvalue weighted by Crippen LogP contribution is 2.23. The molecule has 0 aromatic heterocycles. The molecule has 0 aromatic carbocycles. The van der Waals surface area contributed by atoms with Gasteiger partial charge in [0.2, 0.25) is 0 Å². The van der Waals surface area contributed by atoms with E-state index < -0.39 is 0 Å². The van der Waals surface area contributed by atoms with Crippen LogP contribution in [0, 0.1) is 0 Å². The lowest BCUT2D eigenvalue weighted by molar-refractivity contribution is 0.266. The molecule has 0 unspecified atom stereocenters. The smallest absolute Gasteiger partial charge is 0.0996 e. The SMILES string of the molecule is CCCCCCCCC=C(CCCCCCCCCCCC)OC(=CCCCCCCCC)CCCCCCCCCCCC. The van der Waals surface area contributed by atoms with Gasteiger partial charge in [0, 0.05) is 12.8 Å². The average molecular weight is 631 g/mol. The summed E-state index contributed by atoms with van der Waals surface area (Å²) in [6.45, 7) is 9.25. The predicted octanol–water partition coefficient (Wildman–Crippen LogP) is 16.9. The van der Waals surface area contributed by atoms with E-state index in [1.165, 1.54) is 230 Å². The molecule has 1 nitrogen and oxygen atoms in total. The maximum absolute atomic E-state index is 6.83. The van der Waals surface area contributed by atoms with Gasteiger partial charge in [0.1, 0.15) is 0 Å². The van der Waals surface area contributed by atoms with E-state index in [0.717, 1.165) is 12.8 Å². The first-order valence-electron chi connectivity index (χ1n) is 21.3. The fraction of sp³-hybridized carbons (Fsp3) is 0.909. The van der Waals surface area contributed by atoms with E-state index in [-0.39, 0.29) is 0 Å². The second-order valence-corrected chi connectivity index (χ2v) is 14.4. The van der Waals surface area contributed by atoms with Crippen LogP contribution >= 0.6 is 0 Å². The number of allylic oxidation sites excluding steroid dienone is 4. The number of rotatable bonds is 38. The Bertz CT molecular complexity index is 550. The fourth-order valence-corrected chi connectivity index (χ4v) is 6.51. The zero-order valence-corrected chi connectivity index (χ0v) is 32.0. The predicted molar refractivity (Wildman–Crippen MR) is 206 cm³/mol. The molecule has 0 N–H and O–H groups in total. The van der Waals surface area contributed by atoms with Gasteiger partial charge in [-0.25, -0.2) is 0 Å². The van der Waals surface area contributed by atoms with Gasteiger partial charge in [0.15, 0.2) is 0 Å². The molecule has 268 valence electrons. The van der Waals surface area contributed by atoms with Crippen LogP contribution in [0.5, 0.6) is 0 Å². The summed E-state index contributed by atoms with van der Waals surface area (Å²) in [6, 6.07) is 0. The van der Waals surface area contributed by atoms with Crippen LogP contribution in [0.2, 0.25) is 0 Å². The van der Waals surface area contributed by atoms with Crippen LogP contribution in [0.4, 0.5) is 0 Å². The van der Waals surface area contributed by atoms with Gasteiger partial charge < -0.3 is 4.74 Å². The Morgan fingerprint density at radius 3 is 0.778 bits per heavy atom. The van der Waals surface area contributed by atoms with Crippen LogP contribution in [-0.2, 0) is 4.74 Å². The van der Waals surface area contributed by atoms with Crippen molar-refractivity contribution in [2.75, 3.05) is 0 Å². The van der Waals surface area contributed by atoms with E-state index in [1.807, 2.05) is 0 Å². The normalized spacial score (nSPS) is 12.4. The highest BCUT2D eigenvalue weighted by Gasteiger charge is 2.06. The summed E-state index contributed by atoms with van der Waals surface area (Å²) in [7, 11) is 0. The second-order valence-electron chi connectivity index (χ2n) is 14.4. The first-order valence-corrected chi connectivity index (χ1v) is 21.3. The van der Waals surface area contributed by atoms with Gasteiger partial charge in [0.25, 0.3) is 0 Å². The molecule has 0 aliphatic rings. The number of unbranched alkanes of at least 4 members (excludes halogenated alkanes) is 30. The van der Waals surface area contributed by atoms with Crippen molar-refractivity contribution in [3.05, 3.63) is 23.7 Å². The molecule has 1 heteroatoms. The van der Waals surface area contributed by atoms with Gasteiger partial charge in [-0.15, -0.1) is 0 Å². The Balaban J connectivity index is 4.82. The standard InChI is InChI=1S/C44H86O/c1-5-9-13-17-21-23-25-29-33-37-41-43(39-35-31-27-19-15-11-7-3)45-44(40-36-32-28-20-16-12-8-4)42-38-34-30-26-24-22-18-14-10-6-2/h39-40H,5-38,41-42H2,1-4H3. The number of ether oxygens (including phenoxy) is 1. The van der Waals surface area contributed by atoms with Crippen molar-refractivity contribution in [2.24, 2.45) is 0 Å². The van der Waals surface area contributed by atoms with Crippen molar-refractivity contribution in [2.45, 2.75) is 259 Å². The maximum Gasteiger partial charge on any atom is 0.0996 e. The third-order valence-electron chi connectivity index (χ3n) is 9.68. The Labute approximate surface area is 286 Å². The lowest BCUT2D eigenvalue weighted by atomic mass is 10.0. The van der Waals surface area contributed by atoms with Crippen LogP contribution in [0.3, 0.4) is 0 Å². The molecule has 45 heavy (non-hydrogen) atoms. The van der Waals surface area contributed by atoms with Gasteiger partial charge in [0.05, 0.1) is 11.5 Å². The Morgan fingerprint density at radius 1 is 0.289 bits per heavy atom.